The van der Waals surface area contributed by atoms with E-state index in [-0.39, 0.29) is 0 Å². The molecule has 0 aromatic carbocycles. The van der Waals surface area contributed by atoms with Crippen LogP contribution >= 0.6 is 0 Å². The van der Waals surface area contributed by atoms with Gasteiger partial charge in [0.2, 0.25) is 5.88 Å². The Bertz CT molecular complexity index is 519. The van der Waals surface area contributed by atoms with E-state index < -0.39 is 5.60 Å². The van der Waals surface area contributed by atoms with Crippen molar-refractivity contribution in [2.45, 2.75) is 19.4 Å². The van der Waals surface area contributed by atoms with E-state index >= 15 is 0 Å². The van der Waals surface area contributed by atoms with Gasteiger partial charge in [-0.2, -0.15) is 0 Å². The van der Waals surface area contributed by atoms with E-state index in [1.54, 1.807) is 24.5 Å². The molecule has 5 nitrogen and oxygen atoms in total. The highest BCUT2D eigenvalue weighted by molar-refractivity contribution is 5.47. The lowest BCUT2D eigenvalue weighted by Gasteiger charge is -2.25. The van der Waals surface area contributed by atoms with Gasteiger partial charge in [-0.1, -0.05) is 0 Å². The van der Waals surface area contributed by atoms with E-state index in [1.807, 2.05) is 31.7 Å². The zero-order chi connectivity index (χ0) is 12.5. The number of ether oxygens (including phenoxy) is 1. The predicted molar refractivity (Wildman–Crippen MR) is 65.5 cm³/mol. The van der Waals surface area contributed by atoms with Crippen molar-refractivity contribution < 1.29 is 4.74 Å². The molecule has 0 aliphatic carbocycles. The smallest absolute Gasteiger partial charge is 0.238 e. The van der Waals surface area contributed by atoms with E-state index in [1.165, 1.54) is 0 Å². The maximum Gasteiger partial charge on any atom is 0.238 e. The molecule has 2 aromatic rings. The van der Waals surface area contributed by atoms with E-state index in [9.17, 15) is 0 Å². The van der Waals surface area contributed by atoms with Gasteiger partial charge in [0.15, 0.2) is 11.4 Å². The quantitative estimate of drug-likeness (QED) is 0.874. The van der Waals surface area contributed by atoms with Crippen molar-refractivity contribution in [2.24, 2.45) is 7.05 Å². The third-order valence-corrected chi connectivity index (χ3v) is 2.51. The summed E-state index contributed by atoms with van der Waals surface area (Å²) in [5.41, 5.74) is 5.74. The van der Waals surface area contributed by atoms with Crippen LogP contribution in [0.15, 0.2) is 30.7 Å². The molecule has 2 heterocycles. The molecule has 0 spiro atoms. The summed E-state index contributed by atoms with van der Waals surface area (Å²) in [6.07, 6.45) is 5.27. The number of nitrogen functional groups attached to an aromatic ring is 1. The number of pyridine rings is 1. The third-order valence-electron chi connectivity index (χ3n) is 2.51. The Balaban J connectivity index is 2.30. The number of aryl methyl sites for hydroxylation is 1. The first kappa shape index (κ1) is 11.4. The van der Waals surface area contributed by atoms with Crippen LogP contribution in [-0.4, -0.2) is 14.5 Å². The summed E-state index contributed by atoms with van der Waals surface area (Å²) in [6.45, 7) is 3.87. The van der Waals surface area contributed by atoms with Crippen molar-refractivity contribution in [3.63, 3.8) is 0 Å². The van der Waals surface area contributed by atoms with E-state index in [0.717, 1.165) is 5.82 Å². The molecule has 5 heteroatoms. The van der Waals surface area contributed by atoms with Crippen LogP contribution in [0.25, 0.3) is 0 Å². The van der Waals surface area contributed by atoms with Gasteiger partial charge in [-0.15, -0.1) is 0 Å². The van der Waals surface area contributed by atoms with Crippen molar-refractivity contribution in [1.82, 2.24) is 14.5 Å². The summed E-state index contributed by atoms with van der Waals surface area (Å²) in [7, 11) is 1.93. The van der Waals surface area contributed by atoms with E-state index in [0.29, 0.717) is 11.6 Å². The highest BCUT2D eigenvalue weighted by atomic mass is 16.5. The molecule has 0 bridgehead atoms. The first-order chi connectivity index (χ1) is 8.00. The van der Waals surface area contributed by atoms with E-state index in [4.69, 9.17) is 10.5 Å². The SMILES string of the molecule is Cn1ccnc1C(C)(C)Oc1ncccc1N. The predicted octanol–water partition coefficient (Wildman–Crippen LogP) is 1.71. The van der Waals surface area contributed by atoms with Crippen LogP contribution in [0.2, 0.25) is 0 Å². The molecule has 0 fully saturated rings. The number of aromatic nitrogens is 3. The number of anilines is 1. The summed E-state index contributed by atoms with van der Waals surface area (Å²) in [5, 5.41) is 0. The van der Waals surface area contributed by atoms with Crippen LogP contribution in [-0.2, 0) is 12.6 Å². The summed E-state index contributed by atoms with van der Waals surface area (Å²) >= 11 is 0. The molecule has 0 radical (unpaired) electrons. The van der Waals surface area contributed by atoms with Gasteiger partial charge in [0.05, 0.1) is 5.69 Å². The van der Waals surface area contributed by atoms with Crippen LogP contribution in [0.5, 0.6) is 5.88 Å². The summed E-state index contributed by atoms with van der Waals surface area (Å²) in [4.78, 5) is 8.40. The molecule has 0 amide bonds. The molecule has 0 atom stereocenters. The fourth-order valence-electron chi connectivity index (χ4n) is 1.72. The van der Waals surface area contributed by atoms with E-state index in [2.05, 4.69) is 9.97 Å². The van der Waals surface area contributed by atoms with Crippen LogP contribution in [0.1, 0.15) is 19.7 Å². The molecule has 0 saturated carbocycles. The Kier molecular flexibility index (Phi) is 2.75. The van der Waals surface area contributed by atoms with Crippen LogP contribution < -0.4 is 10.5 Å². The number of nitrogens with two attached hydrogens (primary N) is 1. The molecule has 2 rings (SSSR count). The lowest BCUT2D eigenvalue weighted by atomic mass is 10.1. The highest BCUT2D eigenvalue weighted by Gasteiger charge is 2.28. The number of hydrogen-bond acceptors (Lipinski definition) is 4. The Labute approximate surface area is 100 Å². The Hall–Kier alpha value is -2.04. The van der Waals surface area contributed by atoms with Crippen molar-refractivity contribution in [2.75, 3.05) is 5.73 Å². The number of hydrogen-bond donors (Lipinski definition) is 1. The molecule has 2 N–H and O–H groups in total. The second-order valence-electron chi connectivity index (χ2n) is 4.37. The summed E-state index contributed by atoms with van der Waals surface area (Å²) in [5.74, 6) is 1.25. The number of rotatable bonds is 3. The van der Waals surface area contributed by atoms with Crippen molar-refractivity contribution in [3.05, 3.63) is 36.5 Å². The maximum absolute atomic E-state index is 5.84. The fourth-order valence-corrected chi connectivity index (χ4v) is 1.72. The number of imidazole rings is 1. The van der Waals surface area contributed by atoms with Gasteiger partial charge in [0, 0.05) is 25.6 Å². The van der Waals surface area contributed by atoms with Gasteiger partial charge in [-0.3, -0.25) is 0 Å². The largest absolute Gasteiger partial charge is 0.462 e. The van der Waals surface area contributed by atoms with Crippen molar-refractivity contribution in [3.8, 4) is 5.88 Å². The minimum absolute atomic E-state index is 0.431. The molecule has 2 aromatic heterocycles. The second kappa shape index (κ2) is 4.08. The molecule has 0 saturated heterocycles. The Morgan fingerprint density at radius 1 is 1.29 bits per heavy atom. The van der Waals surface area contributed by atoms with Crippen LogP contribution in [0.3, 0.4) is 0 Å². The minimum Gasteiger partial charge on any atom is -0.462 e. The standard InChI is InChI=1S/C12H16N4O/c1-12(2,11-15-7-8-16(11)3)17-10-9(13)5-4-6-14-10/h4-8H,13H2,1-3H3. The Morgan fingerprint density at radius 2 is 2.06 bits per heavy atom. The second-order valence-corrected chi connectivity index (χ2v) is 4.37. The fraction of sp³-hybridized carbons (Fsp3) is 0.333. The summed E-state index contributed by atoms with van der Waals surface area (Å²) < 4.78 is 7.75. The monoisotopic (exact) mass is 232 g/mol. The normalized spacial score (nSPS) is 11.5. The van der Waals surface area contributed by atoms with Gasteiger partial charge in [0.1, 0.15) is 0 Å². The van der Waals surface area contributed by atoms with Crippen molar-refractivity contribution in [1.29, 1.82) is 0 Å². The van der Waals surface area contributed by atoms with Gasteiger partial charge < -0.3 is 15.0 Å². The lowest BCUT2D eigenvalue weighted by Crippen LogP contribution is -2.29. The van der Waals surface area contributed by atoms with Gasteiger partial charge in [-0.05, 0) is 26.0 Å². The zero-order valence-corrected chi connectivity index (χ0v) is 10.2. The topological polar surface area (TPSA) is 66.0 Å². The average Bonchev–Trinajstić information content (AvgIpc) is 2.68. The lowest BCUT2D eigenvalue weighted by molar-refractivity contribution is 0.0903. The Morgan fingerprint density at radius 3 is 2.65 bits per heavy atom. The molecule has 0 aliphatic heterocycles. The van der Waals surface area contributed by atoms with Gasteiger partial charge in [-0.25, -0.2) is 9.97 Å². The zero-order valence-electron chi connectivity index (χ0n) is 10.2. The number of nitrogens with zero attached hydrogens (tertiary/aromatic N) is 3. The molecular weight excluding hydrogens is 216 g/mol. The van der Waals surface area contributed by atoms with Crippen molar-refractivity contribution >= 4 is 5.69 Å². The average molecular weight is 232 g/mol. The molecule has 0 unspecified atom stereocenters. The van der Waals surface area contributed by atoms with Crippen LogP contribution in [0.4, 0.5) is 5.69 Å². The first-order valence-electron chi connectivity index (χ1n) is 5.38. The van der Waals surface area contributed by atoms with Gasteiger partial charge in [0.25, 0.3) is 0 Å². The maximum atomic E-state index is 5.84. The minimum atomic E-state index is -0.583. The van der Waals surface area contributed by atoms with Crippen LogP contribution in [0, 0.1) is 0 Å². The summed E-state index contributed by atoms with van der Waals surface area (Å²) in [6, 6.07) is 3.53. The van der Waals surface area contributed by atoms with Gasteiger partial charge >= 0.3 is 0 Å². The molecule has 90 valence electrons. The third kappa shape index (κ3) is 2.22. The molecular formula is C12H16N4O. The first-order valence-corrected chi connectivity index (χ1v) is 5.38. The molecule has 0 aliphatic rings. The molecule has 17 heavy (non-hydrogen) atoms. The highest BCUT2D eigenvalue weighted by Crippen LogP contribution is 2.28.